The molecular formula is C9H21NOS. The summed E-state index contributed by atoms with van der Waals surface area (Å²) in [5.41, 5.74) is 0. The van der Waals surface area contributed by atoms with Crippen LogP contribution in [0.25, 0.3) is 0 Å². The molecular weight excluding hydrogens is 170 g/mol. The largest absolute Gasteiger partial charge is 0.385 e. The molecule has 0 saturated carbocycles. The van der Waals surface area contributed by atoms with Crippen LogP contribution in [0.1, 0.15) is 20.3 Å². The fourth-order valence-electron chi connectivity index (χ4n) is 0.833. The van der Waals surface area contributed by atoms with Crippen LogP contribution >= 0.6 is 11.8 Å². The van der Waals surface area contributed by atoms with E-state index in [0.717, 1.165) is 31.4 Å². The molecule has 0 rings (SSSR count). The molecule has 0 amide bonds. The fraction of sp³-hybridized carbons (Fsp3) is 1.00. The number of hydrogen-bond acceptors (Lipinski definition) is 3. The van der Waals surface area contributed by atoms with Crippen molar-refractivity contribution in [2.24, 2.45) is 0 Å². The van der Waals surface area contributed by atoms with Gasteiger partial charge in [0, 0.05) is 26.0 Å². The molecule has 0 atom stereocenters. The van der Waals surface area contributed by atoms with Gasteiger partial charge in [-0.05, 0) is 18.2 Å². The number of hydrogen-bond donors (Lipinski definition) is 1. The number of thioether (sulfide) groups is 1. The third kappa shape index (κ3) is 10.3. The average molecular weight is 191 g/mol. The highest BCUT2D eigenvalue weighted by Crippen LogP contribution is 2.06. The lowest BCUT2D eigenvalue weighted by atomic mass is 10.4. The molecule has 2 nitrogen and oxygen atoms in total. The van der Waals surface area contributed by atoms with E-state index in [9.17, 15) is 0 Å². The molecule has 0 aromatic rings. The summed E-state index contributed by atoms with van der Waals surface area (Å²) in [5, 5.41) is 4.13. The first-order valence-corrected chi connectivity index (χ1v) is 5.63. The van der Waals surface area contributed by atoms with E-state index in [1.165, 1.54) is 5.75 Å². The van der Waals surface area contributed by atoms with Crippen molar-refractivity contribution in [1.82, 2.24) is 5.32 Å². The standard InChI is InChI=1S/C9H21NOS/c1-9(2)12-8-6-10-5-4-7-11-3/h9-10H,4-8H2,1-3H3. The highest BCUT2D eigenvalue weighted by Gasteiger charge is 1.92. The molecule has 74 valence electrons. The van der Waals surface area contributed by atoms with Crippen LogP contribution in [0, 0.1) is 0 Å². The van der Waals surface area contributed by atoms with Crippen molar-refractivity contribution in [3.63, 3.8) is 0 Å². The van der Waals surface area contributed by atoms with Crippen molar-refractivity contribution in [3.05, 3.63) is 0 Å². The summed E-state index contributed by atoms with van der Waals surface area (Å²) >= 11 is 2.00. The smallest absolute Gasteiger partial charge is 0.0474 e. The lowest BCUT2D eigenvalue weighted by Gasteiger charge is -2.05. The van der Waals surface area contributed by atoms with Crippen molar-refractivity contribution < 1.29 is 4.74 Å². The molecule has 0 aliphatic heterocycles. The predicted molar refractivity (Wildman–Crippen MR) is 57.0 cm³/mol. The third-order valence-corrected chi connectivity index (χ3v) is 2.54. The molecule has 0 heterocycles. The Balaban J connectivity index is 2.82. The molecule has 12 heavy (non-hydrogen) atoms. The molecule has 0 unspecified atom stereocenters. The summed E-state index contributed by atoms with van der Waals surface area (Å²) in [7, 11) is 1.74. The van der Waals surface area contributed by atoms with E-state index in [1.807, 2.05) is 11.8 Å². The molecule has 1 N–H and O–H groups in total. The van der Waals surface area contributed by atoms with Crippen LogP contribution in [0.15, 0.2) is 0 Å². The summed E-state index contributed by atoms with van der Waals surface area (Å²) in [4.78, 5) is 0. The van der Waals surface area contributed by atoms with Gasteiger partial charge in [-0.2, -0.15) is 11.8 Å². The van der Waals surface area contributed by atoms with Crippen LogP contribution in [-0.2, 0) is 4.74 Å². The first-order chi connectivity index (χ1) is 5.77. The minimum atomic E-state index is 0.755. The molecule has 0 fully saturated rings. The van der Waals surface area contributed by atoms with E-state index in [1.54, 1.807) is 7.11 Å². The van der Waals surface area contributed by atoms with Crippen molar-refractivity contribution in [3.8, 4) is 0 Å². The van der Waals surface area contributed by atoms with E-state index < -0.39 is 0 Å². The zero-order valence-electron chi connectivity index (χ0n) is 8.43. The van der Waals surface area contributed by atoms with Gasteiger partial charge < -0.3 is 10.1 Å². The fourth-order valence-corrected chi connectivity index (χ4v) is 1.57. The second kappa shape index (κ2) is 9.36. The third-order valence-electron chi connectivity index (χ3n) is 1.43. The minimum Gasteiger partial charge on any atom is -0.385 e. The molecule has 0 aliphatic rings. The quantitative estimate of drug-likeness (QED) is 0.591. The Morgan fingerprint density at radius 1 is 1.33 bits per heavy atom. The first-order valence-electron chi connectivity index (χ1n) is 4.58. The van der Waals surface area contributed by atoms with Gasteiger partial charge in [-0.25, -0.2) is 0 Å². The minimum absolute atomic E-state index is 0.755. The van der Waals surface area contributed by atoms with Gasteiger partial charge in [0.1, 0.15) is 0 Å². The van der Waals surface area contributed by atoms with E-state index in [-0.39, 0.29) is 0 Å². The van der Waals surface area contributed by atoms with Crippen LogP contribution in [0.5, 0.6) is 0 Å². The van der Waals surface area contributed by atoms with Crippen molar-refractivity contribution in [2.45, 2.75) is 25.5 Å². The Morgan fingerprint density at radius 3 is 2.67 bits per heavy atom. The van der Waals surface area contributed by atoms with Crippen LogP contribution in [0.4, 0.5) is 0 Å². The normalized spacial score (nSPS) is 11.0. The van der Waals surface area contributed by atoms with Crippen molar-refractivity contribution in [1.29, 1.82) is 0 Å². The lowest BCUT2D eigenvalue weighted by molar-refractivity contribution is 0.194. The maximum absolute atomic E-state index is 4.94. The van der Waals surface area contributed by atoms with E-state index in [2.05, 4.69) is 19.2 Å². The molecule has 0 bridgehead atoms. The van der Waals surface area contributed by atoms with E-state index >= 15 is 0 Å². The molecule has 0 saturated heterocycles. The summed E-state index contributed by atoms with van der Waals surface area (Å²) in [6.45, 7) is 7.52. The zero-order valence-corrected chi connectivity index (χ0v) is 9.25. The van der Waals surface area contributed by atoms with Crippen molar-refractivity contribution >= 4 is 11.8 Å². The summed E-state index contributed by atoms with van der Waals surface area (Å²) < 4.78 is 4.94. The second-order valence-corrected chi connectivity index (χ2v) is 4.70. The molecule has 0 aromatic carbocycles. The number of ether oxygens (including phenoxy) is 1. The van der Waals surface area contributed by atoms with Gasteiger partial charge >= 0.3 is 0 Å². The second-order valence-electron chi connectivity index (χ2n) is 3.02. The Labute approximate surface area is 80.4 Å². The number of rotatable bonds is 8. The predicted octanol–water partition coefficient (Wildman–Crippen LogP) is 1.75. The van der Waals surface area contributed by atoms with Crippen molar-refractivity contribution in [2.75, 3.05) is 32.6 Å². The van der Waals surface area contributed by atoms with Gasteiger partial charge in [-0.3, -0.25) is 0 Å². The van der Waals surface area contributed by atoms with Gasteiger partial charge in [-0.15, -0.1) is 0 Å². The Hall–Kier alpha value is 0.270. The number of nitrogens with one attached hydrogen (secondary N) is 1. The Morgan fingerprint density at radius 2 is 2.08 bits per heavy atom. The van der Waals surface area contributed by atoms with E-state index in [4.69, 9.17) is 4.74 Å². The van der Waals surface area contributed by atoms with Crippen LogP contribution in [-0.4, -0.2) is 37.8 Å². The van der Waals surface area contributed by atoms with Gasteiger partial charge in [-0.1, -0.05) is 13.8 Å². The van der Waals surface area contributed by atoms with Gasteiger partial charge in [0.15, 0.2) is 0 Å². The van der Waals surface area contributed by atoms with E-state index in [0.29, 0.717) is 0 Å². The number of methoxy groups -OCH3 is 1. The Kier molecular flexibility index (Phi) is 9.57. The van der Waals surface area contributed by atoms with Crippen LogP contribution in [0.3, 0.4) is 0 Å². The monoisotopic (exact) mass is 191 g/mol. The van der Waals surface area contributed by atoms with Crippen LogP contribution < -0.4 is 5.32 Å². The first kappa shape index (κ1) is 12.3. The molecule has 0 radical (unpaired) electrons. The summed E-state index contributed by atoms with van der Waals surface area (Å²) in [5.74, 6) is 1.21. The molecule has 0 aliphatic carbocycles. The average Bonchev–Trinajstić information content (AvgIpc) is 2.02. The topological polar surface area (TPSA) is 21.3 Å². The zero-order chi connectivity index (χ0) is 9.23. The summed E-state index contributed by atoms with van der Waals surface area (Å²) in [6, 6.07) is 0. The maximum Gasteiger partial charge on any atom is 0.0474 e. The van der Waals surface area contributed by atoms with Gasteiger partial charge in [0.05, 0.1) is 0 Å². The molecule has 3 heteroatoms. The highest BCUT2D eigenvalue weighted by atomic mass is 32.2. The highest BCUT2D eigenvalue weighted by molar-refractivity contribution is 7.99. The lowest BCUT2D eigenvalue weighted by Crippen LogP contribution is -2.20. The van der Waals surface area contributed by atoms with Crippen LogP contribution in [0.2, 0.25) is 0 Å². The van der Waals surface area contributed by atoms with Gasteiger partial charge in [0.25, 0.3) is 0 Å². The maximum atomic E-state index is 4.94. The molecule has 0 aromatic heterocycles. The van der Waals surface area contributed by atoms with Gasteiger partial charge in [0.2, 0.25) is 0 Å². The Bertz CT molecular complexity index is 88.6. The summed E-state index contributed by atoms with van der Waals surface area (Å²) in [6.07, 6.45) is 1.11. The SMILES string of the molecule is COCCCNCCSC(C)C. The molecule has 0 spiro atoms.